The van der Waals surface area contributed by atoms with E-state index in [0.29, 0.717) is 41.2 Å². The minimum atomic E-state index is -2.09. The van der Waals surface area contributed by atoms with E-state index >= 15 is 0 Å². The summed E-state index contributed by atoms with van der Waals surface area (Å²) in [7, 11) is 3.59. The lowest BCUT2D eigenvalue weighted by Gasteiger charge is -2.32. The van der Waals surface area contributed by atoms with Crippen LogP contribution in [0.25, 0.3) is 10.9 Å². The van der Waals surface area contributed by atoms with Crippen molar-refractivity contribution in [2.24, 2.45) is 11.3 Å². The van der Waals surface area contributed by atoms with E-state index in [1.807, 2.05) is 0 Å². The number of likely N-dealkylation sites (tertiary alicyclic amines) is 1. The molecule has 1 saturated heterocycles. The number of carbonyl (C=O) groups excluding carboxylic acids is 4. The number of halogens is 2. The molecule has 1 aliphatic heterocycles. The molecule has 1 saturated carbocycles. The van der Waals surface area contributed by atoms with Crippen molar-refractivity contribution in [1.82, 2.24) is 9.47 Å². The molecule has 41 heavy (non-hydrogen) atoms. The van der Waals surface area contributed by atoms with Crippen molar-refractivity contribution in [1.29, 1.82) is 0 Å². The van der Waals surface area contributed by atoms with E-state index < -0.39 is 28.7 Å². The van der Waals surface area contributed by atoms with Gasteiger partial charge in [0.1, 0.15) is 5.82 Å². The van der Waals surface area contributed by atoms with Crippen molar-refractivity contribution in [2.45, 2.75) is 45.8 Å². The van der Waals surface area contributed by atoms with Crippen LogP contribution in [0.2, 0.25) is 5.02 Å². The van der Waals surface area contributed by atoms with Gasteiger partial charge in [-0.1, -0.05) is 23.7 Å². The lowest BCUT2D eigenvalue weighted by Crippen LogP contribution is -2.39. The molecule has 0 bridgehead atoms. The van der Waals surface area contributed by atoms with Gasteiger partial charge in [-0.15, -0.1) is 0 Å². The number of ether oxygens (including phenoxy) is 1. The van der Waals surface area contributed by atoms with Crippen LogP contribution in [0.15, 0.2) is 42.6 Å². The van der Waals surface area contributed by atoms with Crippen molar-refractivity contribution >= 4 is 51.6 Å². The Kier molecular flexibility index (Phi) is 7.22. The summed E-state index contributed by atoms with van der Waals surface area (Å²) in [5, 5.41) is 0.756. The number of Topliss-reactive ketones (excluding diaryl/α,β-unsaturated/α-hetero) is 2. The fraction of sp³-hybridized carbons (Fsp3) is 0.419. The molecule has 0 atom stereocenters. The standard InChI is InChI=1S/C31H33ClFN3O5/c1-30(2,3)29(40)41-31(26(37)27(31)38)36-17-25(34(4)5)22-15-21(23(32)16-24(22)36)28(39)35-12-10-19(11-13-35)14-18-6-8-20(33)9-7-18/h6-9,15-17,19H,10-14H2,1-5H3. The van der Waals surface area contributed by atoms with E-state index in [2.05, 4.69) is 0 Å². The van der Waals surface area contributed by atoms with Gasteiger partial charge in [-0.3, -0.25) is 23.7 Å². The molecule has 216 valence electrons. The first-order chi connectivity index (χ1) is 19.2. The van der Waals surface area contributed by atoms with Crippen LogP contribution in [0.1, 0.15) is 49.5 Å². The highest BCUT2D eigenvalue weighted by Crippen LogP contribution is 2.44. The monoisotopic (exact) mass is 581 g/mol. The number of piperidine rings is 1. The number of nitrogens with zero attached hydrogens (tertiary/aromatic N) is 3. The van der Waals surface area contributed by atoms with Crippen LogP contribution in [0.3, 0.4) is 0 Å². The molecule has 2 fully saturated rings. The number of rotatable bonds is 6. The first kappa shape index (κ1) is 28.8. The second kappa shape index (κ2) is 10.3. The predicted octanol–water partition coefficient (Wildman–Crippen LogP) is 4.99. The summed E-state index contributed by atoms with van der Waals surface area (Å²) in [6.07, 6.45) is 4.03. The molecule has 3 aromatic rings. The third kappa shape index (κ3) is 5.12. The summed E-state index contributed by atoms with van der Waals surface area (Å²) >= 11 is 6.67. The van der Waals surface area contributed by atoms with Gasteiger partial charge >= 0.3 is 11.7 Å². The van der Waals surface area contributed by atoms with E-state index in [0.717, 1.165) is 24.8 Å². The van der Waals surface area contributed by atoms with E-state index in [9.17, 15) is 23.6 Å². The number of hydrogen-bond acceptors (Lipinski definition) is 6. The maximum atomic E-state index is 13.6. The SMILES string of the molecule is CN(C)c1cn(C2(OC(=O)C(C)(C)C)C(=O)C2=O)c2cc(Cl)c(C(=O)N3CCC(Cc4ccc(F)cc4)CC3)cc12. The van der Waals surface area contributed by atoms with Gasteiger partial charge in [0, 0.05) is 38.8 Å². The number of anilines is 1. The summed E-state index contributed by atoms with van der Waals surface area (Å²) in [4.78, 5) is 55.3. The zero-order valence-corrected chi connectivity index (χ0v) is 24.5. The number of aromatic nitrogens is 1. The minimum Gasteiger partial charge on any atom is -0.422 e. The van der Waals surface area contributed by atoms with Gasteiger partial charge in [-0.2, -0.15) is 0 Å². The molecule has 2 heterocycles. The largest absolute Gasteiger partial charge is 0.422 e. The quantitative estimate of drug-likeness (QED) is 0.232. The van der Waals surface area contributed by atoms with Gasteiger partial charge in [-0.05, 0) is 75.8 Å². The molecule has 2 aliphatic rings. The fourth-order valence-electron chi connectivity index (χ4n) is 5.33. The number of hydrogen-bond donors (Lipinski definition) is 0. The first-order valence-corrected chi connectivity index (χ1v) is 14.0. The summed E-state index contributed by atoms with van der Waals surface area (Å²) in [5.41, 5.74) is -0.613. The third-order valence-electron chi connectivity index (χ3n) is 7.88. The second-order valence-electron chi connectivity index (χ2n) is 12.1. The van der Waals surface area contributed by atoms with Crippen molar-refractivity contribution in [3.63, 3.8) is 0 Å². The highest BCUT2D eigenvalue weighted by molar-refractivity contribution is 6.64. The van der Waals surface area contributed by atoms with Gasteiger partial charge in [-0.25, -0.2) is 4.39 Å². The Balaban J connectivity index is 1.43. The average Bonchev–Trinajstić information content (AvgIpc) is 3.24. The van der Waals surface area contributed by atoms with Gasteiger partial charge in [0.15, 0.2) is 0 Å². The van der Waals surface area contributed by atoms with Crippen LogP contribution < -0.4 is 4.90 Å². The van der Waals surface area contributed by atoms with Crippen molar-refractivity contribution in [3.05, 3.63) is 64.6 Å². The minimum absolute atomic E-state index is 0.165. The highest BCUT2D eigenvalue weighted by atomic mass is 35.5. The lowest BCUT2D eigenvalue weighted by atomic mass is 9.90. The van der Waals surface area contributed by atoms with E-state index in [1.165, 1.54) is 16.7 Å². The van der Waals surface area contributed by atoms with Crippen LogP contribution >= 0.6 is 11.6 Å². The Morgan fingerprint density at radius 3 is 2.22 bits per heavy atom. The molecule has 8 nitrogen and oxygen atoms in total. The second-order valence-corrected chi connectivity index (χ2v) is 12.5. The third-order valence-corrected chi connectivity index (χ3v) is 8.19. The molecular formula is C31H33ClFN3O5. The maximum Gasteiger partial charge on any atom is 0.324 e. The predicted molar refractivity (Wildman–Crippen MR) is 154 cm³/mol. The van der Waals surface area contributed by atoms with Crippen LogP contribution in [0, 0.1) is 17.2 Å². The Morgan fingerprint density at radius 2 is 1.68 bits per heavy atom. The van der Waals surface area contributed by atoms with Crippen molar-refractivity contribution < 1.29 is 28.3 Å². The number of amides is 1. The van der Waals surface area contributed by atoms with Gasteiger partial charge in [0.2, 0.25) is 0 Å². The van der Waals surface area contributed by atoms with Gasteiger partial charge in [0.05, 0.1) is 27.2 Å². The van der Waals surface area contributed by atoms with Gasteiger partial charge in [0.25, 0.3) is 17.5 Å². The molecule has 10 heteroatoms. The molecule has 1 amide bonds. The number of ketones is 2. The number of carbonyl (C=O) groups is 4. The first-order valence-electron chi connectivity index (χ1n) is 13.6. The van der Waals surface area contributed by atoms with Crippen LogP contribution in [0.4, 0.5) is 10.1 Å². The molecule has 5 rings (SSSR count). The summed E-state index contributed by atoms with van der Waals surface area (Å²) < 4.78 is 20.2. The average molecular weight is 582 g/mol. The molecule has 2 aromatic carbocycles. The Morgan fingerprint density at radius 1 is 1.07 bits per heavy atom. The summed E-state index contributed by atoms with van der Waals surface area (Å²) in [6.45, 7) is 6.05. The summed E-state index contributed by atoms with van der Waals surface area (Å²) in [6, 6.07) is 9.75. The Bertz CT molecular complexity index is 1550. The molecule has 0 N–H and O–H groups in total. The molecule has 0 unspecified atom stereocenters. The lowest BCUT2D eigenvalue weighted by molar-refractivity contribution is -0.170. The zero-order chi connectivity index (χ0) is 29.9. The molecule has 0 radical (unpaired) electrons. The number of esters is 1. The maximum absolute atomic E-state index is 13.6. The molecule has 1 aliphatic carbocycles. The highest BCUT2D eigenvalue weighted by Gasteiger charge is 2.72. The number of benzene rings is 2. The van der Waals surface area contributed by atoms with Crippen LogP contribution in [-0.4, -0.2) is 60.1 Å². The van der Waals surface area contributed by atoms with Crippen LogP contribution in [-0.2, 0) is 31.3 Å². The Hall–Kier alpha value is -3.72. The smallest absolute Gasteiger partial charge is 0.324 e. The fourth-order valence-corrected chi connectivity index (χ4v) is 5.57. The van der Waals surface area contributed by atoms with E-state index in [-0.39, 0.29) is 16.7 Å². The molecule has 0 spiro atoms. The van der Waals surface area contributed by atoms with Crippen molar-refractivity contribution in [3.8, 4) is 0 Å². The van der Waals surface area contributed by atoms with E-state index in [4.69, 9.17) is 16.3 Å². The Labute approximate surface area is 243 Å². The molecular weight excluding hydrogens is 549 g/mol. The molecule has 1 aromatic heterocycles. The van der Waals surface area contributed by atoms with Crippen LogP contribution in [0.5, 0.6) is 0 Å². The topological polar surface area (TPSA) is 88.9 Å². The number of fused-ring (bicyclic) bond motifs is 1. The van der Waals surface area contributed by atoms with Gasteiger partial charge < -0.3 is 14.5 Å². The normalized spacial score (nSPS) is 17.2. The zero-order valence-electron chi connectivity index (χ0n) is 23.8. The summed E-state index contributed by atoms with van der Waals surface area (Å²) in [5.74, 6) is -2.41. The van der Waals surface area contributed by atoms with E-state index in [1.54, 1.807) is 75.1 Å². The van der Waals surface area contributed by atoms with Crippen molar-refractivity contribution in [2.75, 3.05) is 32.1 Å².